The minimum Gasteiger partial charge on any atom is -0.463 e. The molecule has 0 saturated carbocycles. The molecule has 4 nitrogen and oxygen atoms in total. The van der Waals surface area contributed by atoms with Crippen LogP contribution in [0.4, 0.5) is 0 Å². The molecule has 0 aliphatic rings. The number of rotatable bonds is 5. The summed E-state index contributed by atoms with van der Waals surface area (Å²) >= 11 is 1.57. The van der Waals surface area contributed by atoms with Gasteiger partial charge in [-0.3, -0.25) is 0 Å². The Morgan fingerprint density at radius 2 is 2.35 bits per heavy atom. The summed E-state index contributed by atoms with van der Waals surface area (Å²) in [6, 6.07) is 3.66. The Labute approximate surface area is 104 Å². The van der Waals surface area contributed by atoms with Gasteiger partial charge in [0.05, 0.1) is 11.2 Å². The molecule has 0 amide bonds. The summed E-state index contributed by atoms with van der Waals surface area (Å²) in [6.45, 7) is 4.68. The summed E-state index contributed by atoms with van der Waals surface area (Å²) in [6.07, 6.45) is 0. The molecule has 2 aromatic rings. The van der Waals surface area contributed by atoms with E-state index >= 15 is 0 Å². The van der Waals surface area contributed by atoms with Gasteiger partial charge in [0, 0.05) is 18.5 Å². The van der Waals surface area contributed by atoms with Crippen LogP contribution >= 0.6 is 11.3 Å². The summed E-state index contributed by atoms with van der Waals surface area (Å²) in [5, 5.41) is 15.4. The van der Waals surface area contributed by atoms with Gasteiger partial charge in [-0.1, -0.05) is 0 Å². The van der Waals surface area contributed by atoms with E-state index in [2.05, 4.69) is 10.3 Å². The van der Waals surface area contributed by atoms with Crippen LogP contribution in [0.25, 0.3) is 0 Å². The fourth-order valence-electron chi connectivity index (χ4n) is 1.57. The molecule has 0 fully saturated rings. The van der Waals surface area contributed by atoms with Crippen molar-refractivity contribution in [2.24, 2.45) is 0 Å². The lowest BCUT2D eigenvalue weighted by Gasteiger charge is -2.21. The first-order valence-electron chi connectivity index (χ1n) is 5.45. The van der Waals surface area contributed by atoms with Crippen LogP contribution in [0.3, 0.4) is 0 Å². The van der Waals surface area contributed by atoms with Gasteiger partial charge in [0.25, 0.3) is 0 Å². The standard InChI is InChI=1S/C12H16N2O2S/c1-9-3-4-11(16-9)12(2,15)7-13-5-10-6-17-8-14-10/h3-4,6,8,13,15H,5,7H2,1-2H3. The average Bonchev–Trinajstić information content (AvgIpc) is 2.89. The summed E-state index contributed by atoms with van der Waals surface area (Å²) in [4.78, 5) is 4.16. The van der Waals surface area contributed by atoms with Gasteiger partial charge in [-0.05, 0) is 26.0 Å². The number of thiazole rings is 1. The van der Waals surface area contributed by atoms with Gasteiger partial charge in [-0.2, -0.15) is 0 Å². The summed E-state index contributed by atoms with van der Waals surface area (Å²) in [5.41, 5.74) is 1.79. The van der Waals surface area contributed by atoms with E-state index in [0.717, 1.165) is 11.5 Å². The van der Waals surface area contributed by atoms with Crippen LogP contribution in [0.15, 0.2) is 27.4 Å². The molecule has 0 aliphatic heterocycles. The summed E-state index contributed by atoms with van der Waals surface area (Å²) in [7, 11) is 0. The Bertz CT molecular complexity index is 463. The highest BCUT2D eigenvalue weighted by molar-refractivity contribution is 7.07. The highest BCUT2D eigenvalue weighted by Crippen LogP contribution is 2.21. The molecule has 1 unspecified atom stereocenters. The van der Waals surface area contributed by atoms with Crippen LogP contribution in [0.1, 0.15) is 24.1 Å². The fourth-order valence-corrected chi connectivity index (χ4v) is 2.13. The molecule has 0 aromatic carbocycles. The monoisotopic (exact) mass is 252 g/mol. The van der Waals surface area contributed by atoms with Crippen molar-refractivity contribution in [1.82, 2.24) is 10.3 Å². The maximum Gasteiger partial charge on any atom is 0.136 e. The van der Waals surface area contributed by atoms with Crippen molar-refractivity contribution in [3.05, 3.63) is 40.2 Å². The van der Waals surface area contributed by atoms with Crippen molar-refractivity contribution >= 4 is 11.3 Å². The van der Waals surface area contributed by atoms with E-state index in [1.54, 1.807) is 29.8 Å². The third-order valence-electron chi connectivity index (χ3n) is 2.53. The van der Waals surface area contributed by atoms with Crippen molar-refractivity contribution in [2.45, 2.75) is 26.0 Å². The second kappa shape index (κ2) is 5.00. The van der Waals surface area contributed by atoms with E-state index in [0.29, 0.717) is 18.8 Å². The van der Waals surface area contributed by atoms with Crippen LogP contribution in [0.2, 0.25) is 0 Å². The molecule has 2 N–H and O–H groups in total. The molecular formula is C12H16N2O2S. The first-order valence-corrected chi connectivity index (χ1v) is 6.39. The van der Waals surface area contributed by atoms with Gasteiger partial charge in [0.15, 0.2) is 0 Å². The fraction of sp³-hybridized carbons (Fsp3) is 0.417. The van der Waals surface area contributed by atoms with Gasteiger partial charge < -0.3 is 14.8 Å². The number of nitrogens with one attached hydrogen (secondary N) is 1. The normalized spacial score (nSPS) is 14.8. The second-order valence-electron chi connectivity index (χ2n) is 4.27. The van der Waals surface area contributed by atoms with Crippen molar-refractivity contribution in [2.75, 3.05) is 6.54 Å². The van der Waals surface area contributed by atoms with Crippen LogP contribution in [-0.2, 0) is 12.1 Å². The lowest BCUT2D eigenvalue weighted by molar-refractivity contribution is 0.0332. The van der Waals surface area contributed by atoms with E-state index in [-0.39, 0.29) is 0 Å². The molecule has 92 valence electrons. The Balaban J connectivity index is 1.89. The molecular weight excluding hydrogens is 236 g/mol. The third-order valence-corrected chi connectivity index (χ3v) is 3.17. The molecule has 0 aliphatic carbocycles. The Morgan fingerprint density at radius 1 is 1.53 bits per heavy atom. The number of aromatic nitrogens is 1. The molecule has 1 atom stereocenters. The molecule has 2 rings (SSSR count). The van der Waals surface area contributed by atoms with E-state index in [1.807, 2.05) is 18.4 Å². The quantitative estimate of drug-likeness (QED) is 0.855. The smallest absolute Gasteiger partial charge is 0.136 e. The molecule has 0 saturated heterocycles. The van der Waals surface area contributed by atoms with Crippen LogP contribution < -0.4 is 5.32 Å². The van der Waals surface area contributed by atoms with Gasteiger partial charge >= 0.3 is 0 Å². The zero-order valence-corrected chi connectivity index (χ0v) is 10.8. The van der Waals surface area contributed by atoms with Gasteiger partial charge in [0.2, 0.25) is 0 Å². The second-order valence-corrected chi connectivity index (χ2v) is 4.99. The van der Waals surface area contributed by atoms with Gasteiger partial charge in [0.1, 0.15) is 17.1 Å². The number of aliphatic hydroxyl groups is 1. The number of furan rings is 1. The molecule has 0 bridgehead atoms. The zero-order valence-electron chi connectivity index (χ0n) is 9.93. The van der Waals surface area contributed by atoms with E-state index < -0.39 is 5.60 Å². The molecule has 0 spiro atoms. The van der Waals surface area contributed by atoms with Crippen LogP contribution in [0.5, 0.6) is 0 Å². The maximum atomic E-state index is 10.3. The predicted molar refractivity (Wildman–Crippen MR) is 66.8 cm³/mol. The van der Waals surface area contributed by atoms with E-state index in [9.17, 15) is 5.11 Å². The third kappa shape index (κ3) is 3.15. The van der Waals surface area contributed by atoms with Crippen LogP contribution in [-0.4, -0.2) is 16.6 Å². The maximum absolute atomic E-state index is 10.3. The highest BCUT2D eigenvalue weighted by atomic mass is 32.1. The number of hydrogen-bond acceptors (Lipinski definition) is 5. The first kappa shape index (κ1) is 12.3. The number of nitrogens with zero attached hydrogens (tertiary/aromatic N) is 1. The number of aryl methyl sites for hydroxylation is 1. The van der Waals surface area contributed by atoms with Crippen molar-refractivity contribution in [3.8, 4) is 0 Å². The SMILES string of the molecule is Cc1ccc(C(C)(O)CNCc2cscn2)o1. The number of hydrogen-bond donors (Lipinski definition) is 2. The Morgan fingerprint density at radius 3 is 2.94 bits per heavy atom. The topological polar surface area (TPSA) is 58.3 Å². The zero-order chi connectivity index (χ0) is 12.3. The molecule has 2 heterocycles. The van der Waals surface area contributed by atoms with Gasteiger partial charge in [-0.25, -0.2) is 4.98 Å². The van der Waals surface area contributed by atoms with Gasteiger partial charge in [-0.15, -0.1) is 11.3 Å². The van der Waals surface area contributed by atoms with Crippen molar-refractivity contribution < 1.29 is 9.52 Å². The molecule has 5 heteroatoms. The average molecular weight is 252 g/mol. The van der Waals surface area contributed by atoms with Crippen molar-refractivity contribution in [1.29, 1.82) is 0 Å². The van der Waals surface area contributed by atoms with E-state index in [1.165, 1.54) is 0 Å². The molecule has 17 heavy (non-hydrogen) atoms. The van der Waals surface area contributed by atoms with E-state index in [4.69, 9.17) is 4.42 Å². The Hall–Kier alpha value is -1.17. The summed E-state index contributed by atoms with van der Waals surface area (Å²) < 4.78 is 5.43. The lowest BCUT2D eigenvalue weighted by Crippen LogP contribution is -2.34. The minimum absolute atomic E-state index is 0.428. The lowest BCUT2D eigenvalue weighted by atomic mass is 10.0. The predicted octanol–water partition coefficient (Wildman–Crippen LogP) is 2.04. The van der Waals surface area contributed by atoms with Crippen LogP contribution in [0, 0.1) is 6.92 Å². The molecule has 2 aromatic heterocycles. The summed E-state index contributed by atoms with van der Waals surface area (Å²) in [5.74, 6) is 1.39. The highest BCUT2D eigenvalue weighted by Gasteiger charge is 2.26. The largest absolute Gasteiger partial charge is 0.463 e. The molecule has 0 radical (unpaired) electrons. The minimum atomic E-state index is -0.996. The van der Waals surface area contributed by atoms with Crippen molar-refractivity contribution in [3.63, 3.8) is 0 Å². The Kier molecular flexibility index (Phi) is 3.61. The first-order chi connectivity index (χ1) is 8.08.